The molecular formula is C15H29NO2. The smallest absolute Gasteiger partial charge is 0.326 e. The van der Waals surface area contributed by atoms with E-state index in [4.69, 9.17) is 4.74 Å². The number of carbonyl (C=O) groups is 1. The van der Waals surface area contributed by atoms with Crippen molar-refractivity contribution in [2.75, 3.05) is 6.61 Å². The lowest BCUT2D eigenvalue weighted by molar-refractivity contribution is -0.154. The van der Waals surface area contributed by atoms with Crippen LogP contribution in [0.15, 0.2) is 0 Å². The Morgan fingerprint density at radius 1 is 1.22 bits per heavy atom. The Hall–Kier alpha value is -0.570. The second-order valence-corrected chi connectivity index (χ2v) is 6.42. The van der Waals surface area contributed by atoms with Crippen molar-refractivity contribution >= 4 is 5.97 Å². The topological polar surface area (TPSA) is 38.3 Å². The molecule has 106 valence electrons. The molecule has 0 aromatic carbocycles. The molecule has 1 aliphatic rings. The zero-order chi connectivity index (χ0) is 13.8. The molecule has 1 saturated carbocycles. The minimum atomic E-state index is -0.443. The summed E-state index contributed by atoms with van der Waals surface area (Å²) in [6.45, 7) is 11.2. The van der Waals surface area contributed by atoms with Crippen LogP contribution in [0.5, 0.6) is 0 Å². The number of ether oxygens (including phenoxy) is 1. The highest BCUT2D eigenvalue weighted by Crippen LogP contribution is 2.41. The van der Waals surface area contributed by atoms with E-state index in [2.05, 4.69) is 33.0 Å². The van der Waals surface area contributed by atoms with Gasteiger partial charge in [0.25, 0.3) is 0 Å². The molecule has 0 aromatic heterocycles. The van der Waals surface area contributed by atoms with Crippen LogP contribution in [-0.4, -0.2) is 24.2 Å². The highest BCUT2D eigenvalue weighted by Gasteiger charge is 2.45. The highest BCUT2D eigenvalue weighted by molar-refractivity contribution is 5.81. The van der Waals surface area contributed by atoms with Crippen molar-refractivity contribution in [3.8, 4) is 0 Å². The van der Waals surface area contributed by atoms with Crippen LogP contribution in [0.4, 0.5) is 0 Å². The van der Waals surface area contributed by atoms with Crippen molar-refractivity contribution in [2.24, 2.45) is 5.41 Å². The van der Waals surface area contributed by atoms with E-state index in [-0.39, 0.29) is 5.97 Å². The Bertz CT molecular complexity index is 276. The summed E-state index contributed by atoms with van der Waals surface area (Å²) in [6.07, 6.45) is 4.97. The van der Waals surface area contributed by atoms with Gasteiger partial charge >= 0.3 is 5.97 Å². The number of hydrogen-bond donors (Lipinski definition) is 1. The molecule has 0 saturated heterocycles. The molecule has 1 N–H and O–H groups in total. The Morgan fingerprint density at radius 2 is 1.78 bits per heavy atom. The van der Waals surface area contributed by atoms with Gasteiger partial charge in [0.05, 0.1) is 6.61 Å². The van der Waals surface area contributed by atoms with Crippen molar-refractivity contribution in [3.05, 3.63) is 0 Å². The number of esters is 1. The van der Waals surface area contributed by atoms with Gasteiger partial charge < -0.3 is 4.74 Å². The van der Waals surface area contributed by atoms with Crippen LogP contribution in [0.1, 0.15) is 66.7 Å². The third-order valence-electron chi connectivity index (χ3n) is 4.26. The summed E-state index contributed by atoms with van der Waals surface area (Å²) < 4.78 is 5.30. The molecule has 3 nitrogen and oxygen atoms in total. The summed E-state index contributed by atoms with van der Waals surface area (Å²) in [7, 11) is 0. The molecule has 1 fully saturated rings. The van der Waals surface area contributed by atoms with Gasteiger partial charge in [0.15, 0.2) is 0 Å². The van der Waals surface area contributed by atoms with Crippen molar-refractivity contribution in [2.45, 2.75) is 78.3 Å². The van der Waals surface area contributed by atoms with E-state index < -0.39 is 5.54 Å². The zero-order valence-electron chi connectivity index (χ0n) is 12.6. The normalized spacial score (nSPS) is 23.4. The van der Waals surface area contributed by atoms with E-state index in [0.29, 0.717) is 18.1 Å². The van der Waals surface area contributed by atoms with Crippen LogP contribution in [0.25, 0.3) is 0 Å². The lowest BCUT2D eigenvalue weighted by Crippen LogP contribution is -2.58. The first-order chi connectivity index (χ1) is 8.35. The van der Waals surface area contributed by atoms with E-state index in [1.54, 1.807) is 0 Å². The number of carbonyl (C=O) groups excluding carboxylic acids is 1. The zero-order valence-corrected chi connectivity index (χ0v) is 12.6. The molecule has 0 amide bonds. The third kappa shape index (κ3) is 3.71. The van der Waals surface area contributed by atoms with E-state index in [9.17, 15) is 4.79 Å². The first kappa shape index (κ1) is 15.5. The molecule has 1 aliphatic carbocycles. The van der Waals surface area contributed by atoms with E-state index in [1.807, 2.05) is 6.92 Å². The first-order valence-corrected chi connectivity index (χ1v) is 7.30. The van der Waals surface area contributed by atoms with Gasteiger partial charge in [0.2, 0.25) is 0 Å². The van der Waals surface area contributed by atoms with Gasteiger partial charge in [-0.05, 0) is 51.4 Å². The third-order valence-corrected chi connectivity index (χ3v) is 4.26. The Morgan fingerprint density at radius 3 is 2.22 bits per heavy atom. The minimum absolute atomic E-state index is 0.0548. The monoisotopic (exact) mass is 255 g/mol. The SMILES string of the molecule is CCOC(=O)C1(NC(C)CC)CCC(C)(C)CC1. The van der Waals surface area contributed by atoms with Crippen LogP contribution < -0.4 is 5.32 Å². The summed E-state index contributed by atoms with van der Waals surface area (Å²) in [6, 6.07) is 0.357. The van der Waals surface area contributed by atoms with Gasteiger partial charge in [-0.25, -0.2) is 0 Å². The van der Waals surface area contributed by atoms with Crippen LogP contribution >= 0.6 is 0 Å². The largest absolute Gasteiger partial charge is 0.465 e. The molecule has 0 spiro atoms. The van der Waals surface area contributed by atoms with Gasteiger partial charge in [-0.1, -0.05) is 20.8 Å². The van der Waals surface area contributed by atoms with Crippen molar-refractivity contribution in [1.82, 2.24) is 5.32 Å². The fourth-order valence-corrected chi connectivity index (χ4v) is 2.60. The number of rotatable bonds is 5. The lowest BCUT2D eigenvalue weighted by Gasteiger charge is -2.43. The second kappa shape index (κ2) is 6.05. The predicted octanol–water partition coefficient (Wildman–Crippen LogP) is 3.28. The maximum atomic E-state index is 12.3. The average Bonchev–Trinajstić information content (AvgIpc) is 2.32. The minimum Gasteiger partial charge on any atom is -0.465 e. The Labute approximate surface area is 112 Å². The first-order valence-electron chi connectivity index (χ1n) is 7.30. The van der Waals surface area contributed by atoms with Gasteiger partial charge in [0.1, 0.15) is 5.54 Å². The standard InChI is InChI=1S/C15H29NO2/c1-6-12(3)16-15(13(17)18-7-2)10-8-14(4,5)9-11-15/h12,16H,6-11H2,1-5H3. The Kier molecular flexibility index (Phi) is 5.20. The molecule has 0 aromatic rings. The van der Waals surface area contributed by atoms with Gasteiger partial charge in [-0.2, -0.15) is 0 Å². The maximum absolute atomic E-state index is 12.3. The summed E-state index contributed by atoms with van der Waals surface area (Å²) in [4.78, 5) is 12.3. The highest BCUT2D eigenvalue weighted by atomic mass is 16.5. The van der Waals surface area contributed by atoms with E-state index in [0.717, 1.165) is 32.1 Å². The maximum Gasteiger partial charge on any atom is 0.326 e. The molecule has 1 unspecified atom stereocenters. The van der Waals surface area contributed by atoms with Crippen LogP contribution in [0, 0.1) is 5.41 Å². The molecule has 0 aliphatic heterocycles. The van der Waals surface area contributed by atoms with Crippen molar-refractivity contribution in [1.29, 1.82) is 0 Å². The number of nitrogens with one attached hydrogen (secondary N) is 1. The van der Waals surface area contributed by atoms with Gasteiger partial charge in [-0.3, -0.25) is 10.1 Å². The summed E-state index contributed by atoms with van der Waals surface area (Å²) in [5.74, 6) is -0.0548. The summed E-state index contributed by atoms with van der Waals surface area (Å²) in [5.41, 5.74) is -0.0892. The summed E-state index contributed by atoms with van der Waals surface area (Å²) >= 11 is 0. The fraction of sp³-hybridized carbons (Fsp3) is 0.933. The Balaban J connectivity index is 2.79. The van der Waals surface area contributed by atoms with Crippen molar-refractivity contribution < 1.29 is 9.53 Å². The fourth-order valence-electron chi connectivity index (χ4n) is 2.60. The number of hydrogen-bond acceptors (Lipinski definition) is 3. The van der Waals surface area contributed by atoms with Crippen LogP contribution in [0.2, 0.25) is 0 Å². The van der Waals surface area contributed by atoms with E-state index >= 15 is 0 Å². The predicted molar refractivity (Wildman–Crippen MR) is 74.5 cm³/mol. The molecule has 3 heteroatoms. The second-order valence-electron chi connectivity index (χ2n) is 6.42. The average molecular weight is 255 g/mol. The molecular weight excluding hydrogens is 226 g/mol. The molecule has 18 heavy (non-hydrogen) atoms. The lowest BCUT2D eigenvalue weighted by atomic mass is 9.69. The molecule has 1 atom stereocenters. The van der Waals surface area contributed by atoms with Crippen molar-refractivity contribution in [3.63, 3.8) is 0 Å². The molecule has 0 radical (unpaired) electrons. The molecule has 0 heterocycles. The molecule has 1 rings (SSSR count). The quantitative estimate of drug-likeness (QED) is 0.766. The molecule has 0 bridgehead atoms. The summed E-state index contributed by atoms with van der Waals surface area (Å²) in [5, 5.41) is 3.53. The van der Waals surface area contributed by atoms with Crippen LogP contribution in [-0.2, 0) is 9.53 Å². The van der Waals surface area contributed by atoms with Gasteiger partial charge in [0, 0.05) is 6.04 Å². The van der Waals surface area contributed by atoms with Crippen LogP contribution in [0.3, 0.4) is 0 Å². The van der Waals surface area contributed by atoms with Gasteiger partial charge in [-0.15, -0.1) is 0 Å². The van der Waals surface area contributed by atoms with E-state index in [1.165, 1.54) is 0 Å².